The molecule has 0 aromatic heterocycles. The SMILES string of the molecule is CCC(C#N)CN(C)c1cc(Br)ccc1F. The van der Waals surface area contributed by atoms with Gasteiger partial charge < -0.3 is 4.90 Å². The molecule has 1 rings (SSSR count). The Morgan fingerprint density at radius 3 is 2.81 bits per heavy atom. The minimum atomic E-state index is -0.265. The van der Waals surface area contributed by atoms with Crippen LogP contribution in [0.25, 0.3) is 0 Å². The molecule has 2 nitrogen and oxygen atoms in total. The van der Waals surface area contributed by atoms with E-state index in [0.717, 1.165) is 10.9 Å². The molecule has 0 aliphatic carbocycles. The second-order valence-electron chi connectivity index (χ2n) is 3.71. The van der Waals surface area contributed by atoms with Gasteiger partial charge in [-0.2, -0.15) is 5.26 Å². The maximum absolute atomic E-state index is 13.5. The number of halogens is 2. The van der Waals surface area contributed by atoms with Crippen LogP contribution in [0.4, 0.5) is 10.1 Å². The number of hydrogen-bond donors (Lipinski definition) is 0. The summed E-state index contributed by atoms with van der Waals surface area (Å²) in [5, 5.41) is 8.87. The summed E-state index contributed by atoms with van der Waals surface area (Å²) in [6, 6.07) is 7.01. The quantitative estimate of drug-likeness (QED) is 0.845. The van der Waals surface area contributed by atoms with Gasteiger partial charge in [-0.25, -0.2) is 4.39 Å². The third-order valence-corrected chi connectivity index (χ3v) is 2.98. The van der Waals surface area contributed by atoms with Gasteiger partial charge in [0, 0.05) is 18.1 Å². The molecule has 1 atom stereocenters. The molecule has 4 heteroatoms. The minimum absolute atomic E-state index is 0.0663. The number of nitrogens with zero attached hydrogens (tertiary/aromatic N) is 2. The largest absolute Gasteiger partial charge is 0.371 e. The number of rotatable bonds is 4. The van der Waals surface area contributed by atoms with Crippen LogP contribution in [0, 0.1) is 23.1 Å². The van der Waals surface area contributed by atoms with Gasteiger partial charge in [0.05, 0.1) is 17.7 Å². The predicted octanol–water partition coefficient (Wildman–Crippen LogP) is 3.57. The highest BCUT2D eigenvalue weighted by molar-refractivity contribution is 9.10. The van der Waals surface area contributed by atoms with Crippen LogP contribution >= 0.6 is 15.9 Å². The molecule has 1 aromatic carbocycles. The molecule has 0 fully saturated rings. The van der Waals surface area contributed by atoms with Crippen LogP contribution in [0.2, 0.25) is 0 Å². The lowest BCUT2D eigenvalue weighted by atomic mass is 10.1. The molecule has 0 saturated heterocycles. The summed E-state index contributed by atoms with van der Waals surface area (Å²) in [6.45, 7) is 2.50. The highest BCUT2D eigenvalue weighted by Crippen LogP contribution is 2.23. The molecule has 0 radical (unpaired) electrons. The standard InChI is InChI=1S/C12H14BrFN2/c1-3-9(7-15)8-16(2)12-6-10(13)4-5-11(12)14/h4-6,9H,3,8H2,1-2H3. The average Bonchev–Trinajstić information content (AvgIpc) is 2.28. The Balaban J connectivity index is 2.84. The third-order valence-electron chi connectivity index (χ3n) is 2.49. The smallest absolute Gasteiger partial charge is 0.146 e. The Labute approximate surface area is 104 Å². The van der Waals surface area contributed by atoms with Crippen molar-refractivity contribution < 1.29 is 4.39 Å². The van der Waals surface area contributed by atoms with Crippen molar-refractivity contribution in [1.29, 1.82) is 5.26 Å². The predicted molar refractivity (Wildman–Crippen MR) is 66.8 cm³/mol. The molecular weight excluding hydrogens is 271 g/mol. The summed E-state index contributed by atoms with van der Waals surface area (Å²) < 4.78 is 14.4. The molecule has 1 aromatic rings. The van der Waals surface area contributed by atoms with E-state index in [0.29, 0.717) is 12.2 Å². The van der Waals surface area contributed by atoms with Crippen LogP contribution < -0.4 is 4.90 Å². The van der Waals surface area contributed by atoms with Gasteiger partial charge in [0.1, 0.15) is 5.82 Å². The van der Waals surface area contributed by atoms with Gasteiger partial charge in [0.2, 0.25) is 0 Å². The van der Waals surface area contributed by atoms with E-state index in [1.807, 2.05) is 6.92 Å². The first-order valence-corrected chi connectivity index (χ1v) is 5.93. The molecule has 0 N–H and O–H groups in total. The van der Waals surface area contributed by atoms with Crippen LogP contribution in [-0.2, 0) is 0 Å². The topological polar surface area (TPSA) is 27.0 Å². The highest BCUT2D eigenvalue weighted by Gasteiger charge is 2.12. The van der Waals surface area contributed by atoms with E-state index in [1.165, 1.54) is 6.07 Å². The maximum Gasteiger partial charge on any atom is 0.146 e. The van der Waals surface area contributed by atoms with E-state index in [4.69, 9.17) is 5.26 Å². The molecule has 0 spiro atoms. The Hall–Kier alpha value is -1.08. The van der Waals surface area contributed by atoms with E-state index < -0.39 is 0 Å². The fourth-order valence-electron chi connectivity index (χ4n) is 1.47. The van der Waals surface area contributed by atoms with E-state index in [-0.39, 0.29) is 11.7 Å². The summed E-state index contributed by atoms with van der Waals surface area (Å²) in [5.74, 6) is -0.332. The molecule has 16 heavy (non-hydrogen) atoms. The summed E-state index contributed by atoms with van der Waals surface area (Å²) >= 11 is 3.31. The second kappa shape index (κ2) is 5.86. The molecular formula is C12H14BrFN2. The van der Waals surface area contributed by atoms with E-state index in [2.05, 4.69) is 22.0 Å². The van der Waals surface area contributed by atoms with Crippen LogP contribution in [-0.4, -0.2) is 13.6 Å². The third kappa shape index (κ3) is 3.21. The van der Waals surface area contributed by atoms with Crippen molar-refractivity contribution >= 4 is 21.6 Å². The van der Waals surface area contributed by atoms with Crippen molar-refractivity contribution in [3.05, 3.63) is 28.5 Å². The normalized spacial score (nSPS) is 11.9. The first-order valence-electron chi connectivity index (χ1n) is 5.14. The van der Waals surface area contributed by atoms with Gasteiger partial charge in [-0.3, -0.25) is 0 Å². The van der Waals surface area contributed by atoms with Gasteiger partial charge in [0.25, 0.3) is 0 Å². The lowest BCUT2D eigenvalue weighted by Crippen LogP contribution is -2.25. The molecule has 86 valence electrons. The number of hydrogen-bond acceptors (Lipinski definition) is 2. The van der Waals surface area contributed by atoms with Crippen molar-refractivity contribution in [2.75, 3.05) is 18.5 Å². The Morgan fingerprint density at radius 2 is 2.25 bits per heavy atom. The summed E-state index contributed by atoms with van der Waals surface area (Å²) in [7, 11) is 1.80. The van der Waals surface area contributed by atoms with Crippen LogP contribution in [0.1, 0.15) is 13.3 Å². The second-order valence-corrected chi connectivity index (χ2v) is 4.63. The first-order chi connectivity index (χ1) is 7.58. The zero-order valence-electron chi connectivity index (χ0n) is 9.37. The summed E-state index contributed by atoms with van der Waals surface area (Å²) in [4.78, 5) is 1.78. The van der Waals surface area contributed by atoms with Crippen LogP contribution in [0.3, 0.4) is 0 Å². The monoisotopic (exact) mass is 284 g/mol. The molecule has 0 aliphatic heterocycles. The maximum atomic E-state index is 13.5. The summed E-state index contributed by atoms with van der Waals surface area (Å²) in [6.07, 6.45) is 0.774. The van der Waals surface area contributed by atoms with Crippen molar-refractivity contribution in [2.45, 2.75) is 13.3 Å². The number of anilines is 1. The van der Waals surface area contributed by atoms with Gasteiger partial charge >= 0.3 is 0 Å². The molecule has 0 bridgehead atoms. The van der Waals surface area contributed by atoms with Crippen LogP contribution in [0.5, 0.6) is 0 Å². The van der Waals surface area contributed by atoms with Gasteiger partial charge in [-0.05, 0) is 24.6 Å². The highest BCUT2D eigenvalue weighted by atomic mass is 79.9. The Bertz CT molecular complexity index is 400. The van der Waals surface area contributed by atoms with Crippen molar-refractivity contribution in [3.63, 3.8) is 0 Å². The molecule has 0 saturated carbocycles. The summed E-state index contributed by atoms with van der Waals surface area (Å²) in [5.41, 5.74) is 0.517. The van der Waals surface area contributed by atoms with Gasteiger partial charge in [0.15, 0.2) is 0 Å². The average molecular weight is 285 g/mol. The fourth-order valence-corrected chi connectivity index (χ4v) is 1.82. The lowest BCUT2D eigenvalue weighted by molar-refractivity contribution is 0.597. The van der Waals surface area contributed by atoms with E-state index in [1.54, 1.807) is 24.1 Å². The van der Waals surface area contributed by atoms with Gasteiger partial charge in [-0.15, -0.1) is 0 Å². The fraction of sp³-hybridized carbons (Fsp3) is 0.417. The zero-order valence-corrected chi connectivity index (χ0v) is 11.0. The molecule has 0 aliphatic rings. The molecule has 1 unspecified atom stereocenters. The van der Waals surface area contributed by atoms with Crippen molar-refractivity contribution in [1.82, 2.24) is 0 Å². The van der Waals surface area contributed by atoms with Crippen molar-refractivity contribution in [2.24, 2.45) is 5.92 Å². The Morgan fingerprint density at radius 1 is 1.56 bits per heavy atom. The van der Waals surface area contributed by atoms with Crippen molar-refractivity contribution in [3.8, 4) is 6.07 Å². The van der Waals surface area contributed by atoms with E-state index in [9.17, 15) is 4.39 Å². The minimum Gasteiger partial charge on any atom is -0.371 e. The number of nitriles is 1. The Kier molecular flexibility index (Phi) is 4.75. The van der Waals surface area contributed by atoms with Gasteiger partial charge in [-0.1, -0.05) is 22.9 Å². The van der Waals surface area contributed by atoms with Crippen LogP contribution in [0.15, 0.2) is 22.7 Å². The first kappa shape index (κ1) is 13.0. The zero-order chi connectivity index (χ0) is 12.1. The lowest BCUT2D eigenvalue weighted by Gasteiger charge is -2.22. The van der Waals surface area contributed by atoms with E-state index >= 15 is 0 Å². The molecule has 0 heterocycles. The molecule has 0 amide bonds. The number of benzene rings is 1.